The minimum absolute atomic E-state index is 0.00362. The van der Waals surface area contributed by atoms with Gasteiger partial charge in [-0.05, 0) is 36.6 Å². The van der Waals surface area contributed by atoms with Crippen LogP contribution in [0.25, 0.3) is 0 Å². The van der Waals surface area contributed by atoms with Crippen molar-refractivity contribution in [1.29, 1.82) is 0 Å². The summed E-state index contributed by atoms with van der Waals surface area (Å²) >= 11 is 0. The second-order valence-corrected chi connectivity index (χ2v) is 6.91. The van der Waals surface area contributed by atoms with Crippen molar-refractivity contribution in [3.8, 4) is 5.75 Å². The lowest BCUT2D eigenvalue weighted by Crippen LogP contribution is -2.51. The average Bonchev–Trinajstić information content (AvgIpc) is 2.72. The zero-order valence-electron chi connectivity index (χ0n) is 16.3. The highest BCUT2D eigenvalue weighted by Crippen LogP contribution is 2.21. The van der Waals surface area contributed by atoms with Crippen molar-refractivity contribution in [2.75, 3.05) is 25.5 Å². The Balaban J connectivity index is 1.65. The van der Waals surface area contributed by atoms with Crippen LogP contribution in [0.3, 0.4) is 0 Å². The summed E-state index contributed by atoms with van der Waals surface area (Å²) in [6, 6.07) is 10.9. The van der Waals surface area contributed by atoms with E-state index in [1.807, 2.05) is 35.2 Å². The van der Waals surface area contributed by atoms with Gasteiger partial charge in [-0.2, -0.15) is 0 Å². The molecule has 1 aromatic carbocycles. The van der Waals surface area contributed by atoms with Crippen molar-refractivity contribution in [1.82, 2.24) is 14.8 Å². The van der Waals surface area contributed by atoms with Crippen LogP contribution in [-0.4, -0.2) is 53.0 Å². The number of carbonyl (C=O) groups is 2. The number of likely N-dealkylation sites (tertiary alicyclic amines) is 1. The van der Waals surface area contributed by atoms with E-state index < -0.39 is 0 Å². The van der Waals surface area contributed by atoms with E-state index in [0.29, 0.717) is 31.1 Å². The summed E-state index contributed by atoms with van der Waals surface area (Å²) in [4.78, 5) is 32.7. The molecule has 2 aromatic rings. The van der Waals surface area contributed by atoms with Crippen molar-refractivity contribution in [2.24, 2.45) is 0 Å². The highest BCUT2D eigenvalue weighted by Gasteiger charge is 2.29. The number of pyridine rings is 1. The van der Waals surface area contributed by atoms with E-state index in [4.69, 9.17) is 4.74 Å². The monoisotopic (exact) mass is 382 g/mol. The molecule has 7 nitrogen and oxygen atoms in total. The number of hydrogen-bond donors (Lipinski definition) is 1. The van der Waals surface area contributed by atoms with Crippen molar-refractivity contribution in [3.05, 3.63) is 54.4 Å². The number of nitrogens with zero attached hydrogens (tertiary/aromatic N) is 3. The zero-order chi connectivity index (χ0) is 19.9. The first-order valence-electron chi connectivity index (χ1n) is 9.43. The summed E-state index contributed by atoms with van der Waals surface area (Å²) in [5.41, 5.74) is 1.67. The van der Waals surface area contributed by atoms with Crippen LogP contribution in [0.2, 0.25) is 0 Å². The number of nitrogens with one attached hydrogen (secondary N) is 1. The Morgan fingerprint density at radius 1 is 1.32 bits per heavy atom. The molecule has 7 heteroatoms. The van der Waals surface area contributed by atoms with E-state index in [1.165, 1.54) is 0 Å². The number of carbonyl (C=O) groups excluding carboxylic acids is 2. The summed E-state index contributed by atoms with van der Waals surface area (Å²) in [7, 11) is 1.59. The molecule has 1 aliphatic rings. The number of hydrogen-bond acceptors (Lipinski definition) is 4. The molecular formula is C21H26N4O3. The SMILES string of the molecule is COc1cccc(NC(=O)N2CCCC(N(Cc3cccnc3)C(C)=O)C2)c1. The number of benzene rings is 1. The molecule has 28 heavy (non-hydrogen) atoms. The summed E-state index contributed by atoms with van der Waals surface area (Å²) in [6.07, 6.45) is 5.22. The molecule has 1 aromatic heterocycles. The molecule has 1 aliphatic heterocycles. The van der Waals surface area contributed by atoms with Gasteiger partial charge in [0.05, 0.1) is 7.11 Å². The fourth-order valence-electron chi connectivity index (χ4n) is 3.48. The normalized spacial score (nSPS) is 16.4. The fourth-order valence-corrected chi connectivity index (χ4v) is 3.48. The van der Waals surface area contributed by atoms with Crippen molar-refractivity contribution < 1.29 is 14.3 Å². The lowest BCUT2D eigenvalue weighted by molar-refractivity contribution is -0.132. The Morgan fingerprint density at radius 2 is 2.18 bits per heavy atom. The van der Waals surface area contributed by atoms with Crippen LogP contribution in [0.5, 0.6) is 5.75 Å². The lowest BCUT2D eigenvalue weighted by Gasteiger charge is -2.39. The molecule has 1 unspecified atom stereocenters. The van der Waals surface area contributed by atoms with E-state index in [0.717, 1.165) is 18.4 Å². The molecule has 0 aliphatic carbocycles. The predicted octanol–water partition coefficient (Wildman–Crippen LogP) is 3.14. The summed E-state index contributed by atoms with van der Waals surface area (Å²) in [6.45, 7) is 3.26. The minimum atomic E-state index is -0.164. The Kier molecular flexibility index (Phi) is 6.47. The maximum atomic E-state index is 12.7. The summed E-state index contributed by atoms with van der Waals surface area (Å²) in [5, 5.41) is 2.92. The molecule has 0 bridgehead atoms. The minimum Gasteiger partial charge on any atom is -0.497 e. The number of methoxy groups -OCH3 is 1. The largest absolute Gasteiger partial charge is 0.497 e. The van der Waals surface area contributed by atoms with E-state index in [1.54, 1.807) is 37.4 Å². The van der Waals surface area contributed by atoms with E-state index >= 15 is 0 Å². The maximum Gasteiger partial charge on any atom is 0.321 e. The lowest BCUT2D eigenvalue weighted by atomic mass is 10.0. The first kappa shape index (κ1) is 19.7. The average molecular weight is 382 g/mol. The van der Waals surface area contributed by atoms with Crippen LogP contribution >= 0.6 is 0 Å². The standard InChI is InChI=1S/C21H26N4O3/c1-16(26)25(14-17-6-4-10-22-13-17)19-8-5-11-24(15-19)21(27)23-18-7-3-9-20(12-18)28-2/h3-4,6-7,9-10,12-13,19H,5,8,11,14-15H2,1-2H3,(H,23,27). The summed E-state index contributed by atoms with van der Waals surface area (Å²) < 4.78 is 5.20. The molecule has 2 heterocycles. The molecular weight excluding hydrogens is 356 g/mol. The van der Waals surface area contributed by atoms with Gasteiger partial charge >= 0.3 is 6.03 Å². The van der Waals surface area contributed by atoms with Crippen molar-refractivity contribution >= 4 is 17.6 Å². The molecule has 3 amide bonds. The van der Waals surface area contributed by atoms with Crippen LogP contribution in [-0.2, 0) is 11.3 Å². The molecule has 1 saturated heterocycles. The second kappa shape index (κ2) is 9.21. The Hall–Kier alpha value is -3.09. The van der Waals surface area contributed by atoms with Gasteiger partial charge in [-0.15, -0.1) is 0 Å². The van der Waals surface area contributed by atoms with Gasteiger partial charge in [0, 0.05) is 56.7 Å². The second-order valence-electron chi connectivity index (χ2n) is 6.91. The van der Waals surface area contributed by atoms with Gasteiger partial charge < -0.3 is 19.9 Å². The number of aromatic nitrogens is 1. The highest BCUT2D eigenvalue weighted by molar-refractivity contribution is 5.89. The molecule has 0 saturated carbocycles. The molecule has 1 N–H and O–H groups in total. The van der Waals surface area contributed by atoms with E-state index in [-0.39, 0.29) is 18.0 Å². The predicted molar refractivity (Wildman–Crippen MR) is 107 cm³/mol. The molecule has 1 fully saturated rings. The smallest absolute Gasteiger partial charge is 0.321 e. The van der Waals surface area contributed by atoms with Gasteiger partial charge in [0.25, 0.3) is 0 Å². The van der Waals surface area contributed by atoms with Gasteiger partial charge in [0.15, 0.2) is 0 Å². The van der Waals surface area contributed by atoms with Crippen LogP contribution in [0.15, 0.2) is 48.8 Å². The highest BCUT2D eigenvalue weighted by atomic mass is 16.5. The van der Waals surface area contributed by atoms with Gasteiger partial charge in [0.1, 0.15) is 5.75 Å². The number of anilines is 1. The van der Waals surface area contributed by atoms with Crippen molar-refractivity contribution in [3.63, 3.8) is 0 Å². The molecule has 3 rings (SSSR count). The van der Waals surface area contributed by atoms with E-state index in [9.17, 15) is 9.59 Å². The molecule has 0 spiro atoms. The number of ether oxygens (including phenoxy) is 1. The summed E-state index contributed by atoms with van der Waals surface area (Å²) in [5.74, 6) is 0.692. The topological polar surface area (TPSA) is 74.8 Å². The first-order valence-corrected chi connectivity index (χ1v) is 9.43. The van der Waals surface area contributed by atoms with Gasteiger partial charge in [-0.3, -0.25) is 9.78 Å². The van der Waals surface area contributed by atoms with Gasteiger partial charge in [-0.25, -0.2) is 4.79 Å². The first-order chi connectivity index (χ1) is 13.6. The third kappa shape index (κ3) is 5.00. The Bertz CT molecular complexity index is 812. The molecule has 1 atom stereocenters. The third-order valence-electron chi connectivity index (χ3n) is 4.93. The number of rotatable bonds is 5. The molecule has 148 valence electrons. The number of piperidine rings is 1. The Labute approximate surface area is 165 Å². The maximum absolute atomic E-state index is 12.7. The molecule has 0 radical (unpaired) electrons. The number of urea groups is 1. The zero-order valence-corrected chi connectivity index (χ0v) is 16.3. The van der Waals surface area contributed by atoms with Crippen LogP contribution < -0.4 is 10.1 Å². The van der Waals surface area contributed by atoms with Crippen LogP contribution in [0.1, 0.15) is 25.3 Å². The van der Waals surface area contributed by atoms with E-state index in [2.05, 4.69) is 10.3 Å². The van der Waals surface area contributed by atoms with Crippen molar-refractivity contribution in [2.45, 2.75) is 32.4 Å². The van der Waals surface area contributed by atoms with Gasteiger partial charge in [0.2, 0.25) is 5.91 Å². The number of amides is 3. The quantitative estimate of drug-likeness (QED) is 0.862. The van der Waals surface area contributed by atoms with Crippen LogP contribution in [0, 0.1) is 0 Å². The Morgan fingerprint density at radius 3 is 2.89 bits per heavy atom. The fraction of sp³-hybridized carbons (Fsp3) is 0.381. The third-order valence-corrected chi connectivity index (χ3v) is 4.93. The van der Waals surface area contributed by atoms with Crippen LogP contribution in [0.4, 0.5) is 10.5 Å². The van der Waals surface area contributed by atoms with Gasteiger partial charge in [-0.1, -0.05) is 12.1 Å².